The lowest BCUT2D eigenvalue weighted by atomic mass is 9.90. The number of fused-ring (bicyclic) bond motifs is 4. The molecule has 10 rings (SSSR count). The molecular weight excluding hydrogens is 577 g/mol. The molecule has 0 fully saturated rings. The monoisotopic (exact) mass is 598 g/mol. The first-order valence-electron chi connectivity index (χ1n) is 14.6. The van der Waals surface area contributed by atoms with Gasteiger partial charge in [0.05, 0.1) is 0 Å². The fourth-order valence-corrected chi connectivity index (χ4v) is 8.24. The summed E-state index contributed by atoms with van der Waals surface area (Å²) in [5.74, 6) is 3.57. The molecule has 4 heteroatoms. The van der Waals surface area contributed by atoms with Gasteiger partial charge in [0.1, 0.15) is 23.0 Å². The van der Waals surface area contributed by atoms with Crippen LogP contribution in [0.4, 0.5) is 0 Å². The minimum atomic E-state index is 0.875. The Morgan fingerprint density at radius 1 is 0.364 bits per heavy atom. The van der Waals surface area contributed by atoms with E-state index >= 15 is 0 Å². The lowest BCUT2D eigenvalue weighted by Gasteiger charge is -2.24. The average Bonchev–Trinajstić information content (AvgIpc) is 3.80. The highest BCUT2D eigenvalue weighted by Gasteiger charge is 2.24. The van der Waals surface area contributed by atoms with E-state index in [1.54, 1.807) is 22.7 Å². The van der Waals surface area contributed by atoms with Crippen LogP contribution >= 0.6 is 22.7 Å². The van der Waals surface area contributed by atoms with Gasteiger partial charge >= 0.3 is 0 Å². The maximum atomic E-state index is 6.67. The van der Waals surface area contributed by atoms with Crippen LogP contribution in [0.15, 0.2) is 132 Å². The molecule has 0 N–H and O–H groups in total. The number of ether oxygens (including phenoxy) is 2. The van der Waals surface area contributed by atoms with Gasteiger partial charge in [-0.25, -0.2) is 0 Å². The molecule has 0 atom stereocenters. The van der Waals surface area contributed by atoms with Gasteiger partial charge in [-0.05, 0) is 116 Å². The van der Waals surface area contributed by atoms with Crippen molar-refractivity contribution in [1.29, 1.82) is 0 Å². The van der Waals surface area contributed by atoms with Crippen molar-refractivity contribution in [3.8, 4) is 77.3 Å². The second-order valence-electron chi connectivity index (χ2n) is 11.3. The molecule has 4 heterocycles. The highest BCUT2D eigenvalue weighted by Crippen LogP contribution is 2.51. The van der Waals surface area contributed by atoms with E-state index in [0.717, 1.165) is 45.3 Å². The van der Waals surface area contributed by atoms with Crippen molar-refractivity contribution >= 4 is 44.2 Å². The van der Waals surface area contributed by atoms with Gasteiger partial charge in [0.15, 0.2) is 0 Å². The van der Waals surface area contributed by atoms with Crippen LogP contribution in [0, 0.1) is 0 Å². The van der Waals surface area contributed by atoms with Crippen molar-refractivity contribution in [3.05, 3.63) is 132 Å². The molecule has 2 aromatic heterocycles. The second kappa shape index (κ2) is 9.17. The summed E-state index contributed by atoms with van der Waals surface area (Å²) in [5.41, 5.74) is 9.21. The Morgan fingerprint density at radius 2 is 0.841 bits per heavy atom. The van der Waals surface area contributed by atoms with Crippen LogP contribution in [-0.4, -0.2) is 0 Å². The Kier molecular flexibility index (Phi) is 5.06. The fraction of sp³-hybridized carbons (Fsp3) is 0. The highest BCUT2D eigenvalue weighted by molar-refractivity contribution is 7.13. The lowest BCUT2D eigenvalue weighted by Crippen LogP contribution is -1.99. The molecule has 8 aromatic rings. The Labute approximate surface area is 262 Å². The van der Waals surface area contributed by atoms with E-state index in [4.69, 9.17) is 9.47 Å². The van der Waals surface area contributed by atoms with E-state index in [2.05, 4.69) is 132 Å². The molecule has 0 radical (unpaired) electrons. The predicted molar refractivity (Wildman–Crippen MR) is 185 cm³/mol. The number of hydrogen-bond donors (Lipinski definition) is 0. The topological polar surface area (TPSA) is 18.5 Å². The normalized spacial score (nSPS) is 12.5. The quantitative estimate of drug-likeness (QED) is 0.201. The van der Waals surface area contributed by atoms with Gasteiger partial charge in [-0.2, -0.15) is 0 Å². The van der Waals surface area contributed by atoms with E-state index in [9.17, 15) is 0 Å². The van der Waals surface area contributed by atoms with Crippen LogP contribution in [-0.2, 0) is 0 Å². The summed E-state index contributed by atoms with van der Waals surface area (Å²) in [6.45, 7) is 0. The molecule has 0 spiro atoms. The Morgan fingerprint density at radius 3 is 1.30 bits per heavy atom. The maximum absolute atomic E-state index is 6.67. The van der Waals surface area contributed by atoms with Gasteiger partial charge in [0.2, 0.25) is 0 Å². The third-order valence-electron chi connectivity index (χ3n) is 8.81. The predicted octanol–water partition coefficient (Wildman–Crippen LogP) is 12.7. The van der Waals surface area contributed by atoms with Crippen LogP contribution in [0.25, 0.3) is 75.8 Å². The molecule has 2 nitrogen and oxygen atoms in total. The largest absolute Gasteiger partial charge is 0.456 e. The van der Waals surface area contributed by atoms with E-state index in [0.29, 0.717) is 0 Å². The number of rotatable bonds is 3. The Bertz CT molecular complexity index is 2260. The SMILES string of the molecule is c1csc(-c2cc3c4c(cccc4c2)-c2ccc(-c4ccc5c(c4)Oc4cc(-c6cccs6)cc6cccc-5c46)cc2O3)c1. The zero-order valence-electron chi connectivity index (χ0n) is 23.3. The first-order valence-corrected chi connectivity index (χ1v) is 16.4. The van der Waals surface area contributed by atoms with Crippen molar-refractivity contribution in [1.82, 2.24) is 0 Å². The van der Waals surface area contributed by atoms with Crippen molar-refractivity contribution < 1.29 is 9.47 Å². The summed E-state index contributed by atoms with van der Waals surface area (Å²) in [6.07, 6.45) is 0. The van der Waals surface area contributed by atoms with Gasteiger partial charge < -0.3 is 9.47 Å². The minimum absolute atomic E-state index is 0.875. The summed E-state index contributed by atoms with van der Waals surface area (Å²) in [6, 6.07) is 43.6. The average molecular weight is 599 g/mol. The number of hydrogen-bond acceptors (Lipinski definition) is 4. The van der Waals surface area contributed by atoms with Crippen LogP contribution < -0.4 is 9.47 Å². The summed E-state index contributed by atoms with van der Waals surface area (Å²) in [7, 11) is 0. The molecular formula is C40H22O2S2. The molecule has 0 bridgehead atoms. The molecule has 44 heavy (non-hydrogen) atoms. The van der Waals surface area contributed by atoms with E-state index in [1.807, 2.05) is 0 Å². The molecule has 0 saturated heterocycles. The van der Waals surface area contributed by atoms with Crippen LogP contribution in [0.2, 0.25) is 0 Å². The third-order valence-corrected chi connectivity index (χ3v) is 10.6. The Balaban J connectivity index is 1.07. The summed E-state index contributed by atoms with van der Waals surface area (Å²) < 4.78 is 13.3. The first kappa shape index (κ1) is 24.3. The third kappa shape index (κ3) is 3.59. The zero-order valence-corrected chi connectivity index (χ0v) is 25.0. The lowest BCUT2D eigenvalue weighted by molar-refractivity contribution is 0.486. The molecule has 2 aliphatic heterocycles. The zero-order chi connectivity index (χ0) is 28.8. The van der Waals surface area contributed by atoms with E-state index in [1.165, 1.54) is 53.6 Å². The van der Waals surface area contributed by atoms with E-state index in [-0.39, 0.29) is 0 Å². The maximum Gasteiger partial charge on any atom is 0.136 e. The van der Waals surface area contributed by atoms with Crippen molar-refractivity contribution in [3.63, 3.8) is 0 Å². The molecule has 0 saturated carbocycles. The molecule has 6 aromatic carbocycles. The van der Waals surface area contributed by atoms with Crippen molar-refractivity contribution in [2.75, 3.05) is 0 Å². The Hall–Kier alpha value is -5.16. The van der Waals surface area contributed by atoms with E-state index < -0.39 is 0 Å². The van der Waals surface area contributed by atoms with Gasteiger partial charge in [0, 0.05) is 31.7 Å². The molecule has 0 aliphatic carbocycles. The van der Waals surface area contributed by atoms with Crippen LogP contribution in [0.5, 0.6) is 23.0 Å². The minimum Gasteiger partial charge on any atom is -0.456 e. The number of benzene rings is 6. The summed E-state index contributed by atoms with van der Waals surface area (Å²) in [5, 5.41) is 8.97. The fourth-order valence-electron chi connectivity index (χ4n) is 6.81. The van der Waals surface area contributed by atoms with Crippen molar-refractivity contribution in [2.24, 2.45) is 0 Å². The molecule has 2 aliphatic rings. The molecule has 0 amide bonds. The smallest absolute Gasteiger partial charge is 0.136 e. The summed E-state index contributed by atoms with van der Waals surface area (Å²) >= 11 is 3.50. The van der Waals surface area contributed by atoms with Crippen molar-refractivity contribution in [2.45, 2.75) is 0 Å². The van der Waals surface area contributed by atoms with Gasteiger partial charge in [-0.1, -0.05) is 60.7 Å². The second-order valence-corrected chi connectivity index (χ2v) is 13.2. The first-order chi connectivity index (χ1) is 21.8. The molecule has 0 unspecified atom stereocenters. The standard InChI is InChI=1S/C40H22O2S2/c1-5-25-17-27(37-9-3-15-43-37)21-35-39(25)31(7-1)29-13-11-23(19-33(29)41-35)24-12-14-30-32-8-2-6-26-18-28(38-10-4-16-44-38)22-36(40(26)32)42-34(30)20-24/h1-22H. The highest BCUT2D eigenvalue weighted by atomic mass is 32.1. The number of thiophene rings is 2. The van der Waals surface area contributed by atoms with Gasteiger partial charge in [-0.15, -0.1) is 22.7 Å². The van der Waals surface area contributed by atoms with Gasteiger partial charge in [-0.3, -0.25) is 0 Å². The van der Waals surface area contributed by atoms with Gasteiger partial charge in [0.25, 0.3) is 0 Å². The molecule has 206 valence electrons. The summed E-state index contributed by atoms with van der Waals surface area (Å²) in [4.78, 5) is 2.48. The van der Waals surface area contributed by atoms with Crippen LogP contribution in [0.1, 0.15) is 0 Å². The van der Waals surface area contributed by atoms with Crippen LogP contribution in [0.3, 0.4) is 0 Å².